The molecule has 0 aromatic carbocycles. The summed E-state index contributed by atoms with van der Waals surface area (Å²) in [5.41, 5.74) is 0. The van der Waals surface area contributed by atoms with Gasteiger partial charge in [0.1, 0.15) is 5.82 Å². The second kappa shape index (κ2) is 8.34. The van der Waals surface area contributed by atoms with Crippen LogP contribution in [0.1, 0.15) is 6.92 Å². The number of hydrogen-bond acceptors (Lipinski definition) is 5. The number of halogens is 1. The number of pyridine rings is 1. The molecule has 112 valence electrons. The van der Waals surface area contributed by atoms with Crippen molar-refractivity contribution in [2.24, 2.45) is 0 Å². The fraction of sp³-hybridized carbons (Fsp3) is 0.538. The molecular weight excluding hydrogens is 298 g/mol. The van der Waals surface area contributed by atoms with Crippen molar-refractivity contribution in [1.29, 1.82) is 0 Å². The third-order valence-corrected chi connectivity index (χ3v) is 4.30. The summed E-state index contributed by atoms with van der Waals surface area (Å²) < 4.78 is 0. The fourth-order valence-electron chi connectivity index (χ4n) is 1.72. The van der Waals surface area contributed by atoms with Gasteiger partial charge in [-0.3, -0.25) is 4.79 Å². The molecule has 1 rings (SSSR count). The number of hydrogen-bond donors (Lipinski definition) is 2. The number of likely N-dealkylation sites (N-methyl/N-ethyl adjacent to an activating group) is 1. The van der Waals surface area contributed by atoms with E-state index in [1.807, 2.05) is 13.2 Å². The molecule has 1 amide bonds. The van der Waals surface area contributed by atoms with E-state index in [0.29, 0.717) is 10.8 Å². The number of amides is 1. The van der Waals surface area contributed by atoms with Crippen LogP contribution in [0.5, 0.6) is 0 Å². The molecule has 0 aliphatic rings. The number of anilines is 1. The quantitative estimate of drug-likeness (QED) is 0.796. The van der Waals surface area contributed by atoms with Crippen molar-refractivity contribution in [1.82, 2.24) is 10.3 Å². The van der Waals surface area contributed by atoms with Crippen LogP contribution >= 0.6 is 23.4 Å². The van der Waals surface area contributed by atoms with Gasteiger partial charge in [0.15, 0.2) is 0 Å². The minimum Gasteiger partial charge on any atom is -0.395 e. The first-order chi connectivity index (χ1) is 9.47. The van der Waals surface area contributed by atoms with E-state index in [-0.39, 0.29) is 30.4 Å². The molecule has 0 spiro atoms. The van der Waals surface area contributed by atoms with E-state index in [0.717, 1.165) is 0 Å². The molecule has 0 saturated heterocycles. The Morgan fingerprint density at radius 2 is 2.30 bits per heavy atom. The van der Waals surface area contributed by atoms with Crippen molar-refractivity contribution < 1.29 is 9.90 Å². The van der Waals surface area contributed by atoms with Gasteiger partial charge in [0.05, 0.1) is 18.2 Å². The SMILES string of the molecule is CSC(CO)C(C)NC(=O)CN(C)c1ccc(Cl)cn1. The summed E-state index contributed by atoms with van der Waals surface area (Å²) in [6.07, 6.45) is 3.46. The Kier molecular flexibility index (Phi) is 7.12. The zero-order valence-corrected chi connectivity index (χ0v) is 13.4. The van der Waals surface area contributed by atoms with E-state index in [4.69, 9.17) is 11.6 Å². The lowest BCUT2D eigenvalue weighted by Crippen LogP contribution is -2.45. The summed E-state index contributed by atoms with van der Waals surface area (Å²) in [7, 11) is 1.79. The molecule has 0 aliphatic heterocycles. The average molecular weight is 318 g/mol. The van der Waals surface area contributed by atoms with Crippen LogP contribution in [0, 0.1) is 0 Å². The Bertz CT molecular complexity index is 426. The smallest absolute Gasteiger partial charge is 0.239 e. The first-order valence-electron chi connectivity index (χ1n) is 6.23. The minimum absolute atomic E-state index is 0.00193. The molecular formula is C13H20ClN3O2S. The van der Waals surface area contributed by atoms with Crippen LogP contribution in [0.4, 0.5) is 5.82 Å². The number of thioether (sulfide) groups is 1. The summed E-state index contributed by atoms with van der Waals surface area (Å²) in [6, 6.07) is 3.41. The maximum absolute atomic E-state index is 11.9. The monoisotopic (exact) mass is 317 g/mol. The molecule has 7 heteroatoms. The van der Waals surface area contributed by atoms with Crippen molar-refractivity contribution in [3.05, 3.63) is 23.4 Å². The number of aromatic nitrogens is 1. The predicted molar refractivity (Wildman–Crippen MR) is 84.5 cm³/mol. The summed E-state index contributed by atoms with van der Waals surface area (Å²) in [4.78, 5) is 17.8. The van der Waals surface area contributed by atoms with Gasteiger partial charge in [-0.25, -0.2) is 4.98 Å². The Morgan fingerprint density at radius 3 is 2.80 bits per heavy atom. The van der Waals surface area contributed by atoms with Crippen LogP contribution in [-0.4, -0.2) is 53.7 Å². The van der Waals surface area contributed by atoms with E-state index < -0.39 is 0 Å². The van der Waals surface area contributed by atoms with Crippen molar-refractivity contribution in [2.45, 2.75) is 18.2 Å². The minimum atomic E-state index is -0.107. The molecule has 0 aliphatic carbocycles. The van der Waals surface area contributed by atoms with Crippen LogP contribution in [0.2, 0.25) is 5.02 Å². The Morgan fingerprint density at radius 1 is 1.60 bits per heavy atom. The third kappa shape index (κ3) is 5.19. The molecule has 2 atom stereocenters. The highest BCUT2D eigenvalue weighted by Crippen LogP contribution is 2.13. The lowest BCUT2D eigenvalue weighted by atomic mass is 10.2. The highest BCUT2D eigenvalue weighted by atomic mass is 35.5. The number of aliphatic hydroxyl groups is 1. The molecule has 20 heavy (non-hydrogen) atoms. The van der Waals surface area contributed by atoms with Crippen molar-refractivity contribution in [3.63, 3.8) is 0 Å². The third-order valence-electron chi connectivity index (χ3n) is 2.91. The normalized spacial score (nSPS) is 13.7. The van der Waals surface area contributed by atoms with Crippen LogP contribution in [-0.2, 0) is 4.79 Å². The van der Waals surface area contributed by atoms with E-state index in [9.17, 15) is 9.90 Å². The molecule has 0 bridgehead atoms. The Labute approximate surface area is 128 Å². The van der Waals surface area contributed by atoms with Gasteiger partial charge < -0.3 is 15.3 Å². The fourth-order valence-corrected chi connectivity index (χ4v) is 2.46. The molecule has 2 N–H and O–H groups in total. The maximum atomic E-state index is 11.9. The van der Waals surface area contributed by atoms with E-state index in [1.54, 1.807) is 30.3 Å². The van der Waals surface area contributed by atoms with Crippen molar-refractivity contribution >= 4 is 35.1 Å². The second-order valence-electron chi connectivity index (χ2n) is 4.50. The first-order valence-corrected chi connectivity index (χ1v) is 7.90. The first kappa shape index (κ1) is 17.1. The highest BCUT2D eigenvalue weighted by molar-refractivity contribution is 7.99. The van der Waals surface area contributed by atoms with E-state index >= 15 is 0 Å². The molecule has 1 aromatic rings. The zero-order valence-electron chi connectivity index (χ0n) is 11.8. The van der Waals surface area contributed by atoms with Crippen LogP contribution in [0.3, 0.4) is 0 Å². The van der Waals surface area contributed by atoms with Crippen molar-refractivity contribution in [3.8, 4) is 0 Å². The predicted octanol–water partition coefficient (Wildman–Crippen LogP) is 1.40. The van der Waals surface area contributed by atoms with E-state index in [2.05, 4.69) is 10.3 Å². The van der Waals surface area contributed by atoms with Gasteiger partial charge in [0.25, 0.3) is 0 Å². The summed E-state index contributed by atoms with van der Waals surface area (Å²) in [5.74, 6) is 0.574. The average Bonchev–Trinajstić information content (AvgIpc) is 2.40. The molecule has 0 fully saturated rings. The molecule has 2 unspecified atom stereocenters. The zero-order chi connectivity index (χ0) is 15.1. The lowest BCUT2D eigenvalue weighted by molar-refractivity contribution is -0.120. The standard InChI is InChI=1S/C13H20ClN3O2S/c1-9(11(8-18)20-3)16-13(19)7-17(2)12-5-4-10(14)6-15-12/h4-6,9,11,18H,7-8H2,1-3H3,(H,16,19). The summed E-state index contributed by atoms with van der Waals surface area (Å²) >= 11 is 7.30. The number of nitrogens with zero attached hydrogens (tertiary/aromatic N) is 2. The highest BCUT2D eigenvalue weighted by Gasteiger charge is 2.18. The number of rotatable bonds is 7. The summed E-state index contributed by atoms with van der Waals surface area (Å²) in [5, 5.41) is 12.6. The van der Waals surface area contributed by atoms with Gasteiger partial charge >= 0.3 is 0 Å². The van der Waals surface area contributed by atoms with E-state index in [1.165, 1.54) is 11.8 Å². The van der Waals surface area contributed by atoms with Crippen LogP contribution in [0.25, 0.3) is 0 Å². The topological polar surface area (TPSA) is 65.5 Å². The number of carbonyl (C=O) groups excluding carboxylic acids is 1. The van der Waals surface area contributed by atoms with Gasteiger partial charge in [-0.1, -0.05) is 11.6 Å². The Balaban J connectivity index is 2.51. The van der Waals surface area contributed by atoms with Crippen molar-refractivity contribution in [2.75, 3.05) is 31.4 Å². The van der Waals surface area contributed by atoms with Gasteiger partial charge in [0, 0.05) is 24.5 Å². The Hall–Kier alpha value is -0.980. The number of carbonyl (C=O) groups is 1. The molecule has 1 aromatic heterocycles. The largest absolute Gasteiger partial charge is 0.395 e. The molecule has 0 radical (unpaired) electrons. The maximum Gasteiger partial charge on any atom is 0.239 e. The van der Waals surface area contributed by atoms with Gasteiger partial charge in [-0.05, 0) is 25.3 Å². The molecule has 0 saturated carbocycles. The molecule has 1 heterocycles. The van der Waals surface area contributed by atoms with Crippen LogP contribution in [0.15, 0.2) is 18.3 Å². The van der Waals surface area contributed by atoms with Gasteiger partial charge in [-0.15, -0.1) is 0 Å². The summed E-state index contributed by atoms with van der Waals surface area (Å²) in [6.45, 7) is 2.12. The number of nitrogens with one attached hydrogen (secondary N) is 1. The lowest BCUT2D eigenvalue weighted by Gasteiger charge is -2.23. The second-order valence-corrected chi connectivity index (χ2v) is 6.02. The van der Waals surface area contributed by atoms with Gasteiger partial charge in [0.2, 0.25) is 5.91 Å². The molecule has 5 nitrogen and oxygen atoms in total. The van der Waals surface area contributed by atoms with Gasteiger partial charge in [-0.2, -0.15) is 11.8 Å². The van der Waals surface area contributed by atoms with Crippen LogP contribution < -0.4 is 10.2 Å². The number of aliphatic hydroxyl groups excluding tert-OH is 1.